The number of carbonyl (C=O) groups excluding carboxylic acids is 1. The van der Waals surface area contributed by atoms with E-state index in [0.717, 1.165) is 62.1 Å². The first kappa shape index (κ1) is 25.6. The number of para-hydroxylation sites is 1. The lowest BCUT2D eigenvalue weighted by molar-refractivity contribution is 0.0951. The molecule has 1 atom stereocenters. The summed E-state index contributed by atoms with van der Waals surface area (Å²) in [6.07, 6.45) is 7.57. The van der Waals surface area contributed by atoms with Gasteiger partial charge in [-0.05, 0) is 62.8 Å². The number of aromatic nitrogens is 2. The van der Waals surface area contributed by atoms with Gasteiger partial charge in [0, 0.05) is 49.2 Å². The summed E-state index contributed by atoms with van der Waals surface area (Å²) in [6.45, 7) is 4.79. The minimum Gasteiger partial charge on any atom is -0.492 e. The van der Waals surface area contributed by atoms with E-state index >= 15 is 0 Å². The minimum absolute atomic E-state index is 0.117. The van der Waals surface area contributed by atoms with Gasteiger partial charge in [-0.1, -0.05) is 24.3 Å². The average molecular weight is 530 g/mol. The number of carbonyl (C=O) groups is 1. The van der Waals surface area contributed by atoms with Crippen LogP contribution in [0.1, 0.15) is 53.6 Å². The number of anilines is 1. The number of aryl methyl sites for hydroxylation is 1. The van der Waals surface area contributed by atoms with Crippen LogP contribution >= 0.6 is 0 Å². The highest BCUT2D eigenvalue weighted by atomic mass is 16.5. The molecule has 0 unspecified atom stereocenters. The van der Waals surface area contributed by atoms with E-state index in [9.17, 15) is 14.7 Å². The molecule has 0 radical (unpaired) electrons. The molecule has 1 aromatic heterocycles. The van der Waals surface area contributed by atoms with Gasteiger partial charge in [-0.25, -0.2) is 4.98 Å². The first-order valence-electron chi connectivity index (χ1n) is 13.8. The van der Waals surface area contributed by atoms with Crippen LogP contribution in [-0.2, 0) is 5.54 Å². The van der Waals surface area contributed by atoms with Crippen LogP contribution in [0.2, 0.25) is 0 Å². The van der Waals surface area contributed by atoms with Gasteiger partial charge < -0.3 is 20.5 Å². The van der Waals surface area contributed by atoms with Gasteiger partial charge in [-0.3, -0.25) is 19.1 Å². The van der Waals surface area contributed by atoms with Crippen molar-refractivity contribution in [2.75, 3.05) is 31.6 Å². The number of hydrogen-bond donors (Lipinski definition) is 3. The fourth-order valence-corrected chi connectivity index (χ4v) is 5.29. The molecule has 0 bridgehead atoms. The number of hydrogen-bond acceptors (Lipinski definition) is 7. The molecule has 9 nitrogen and oxygen atoms in total. The number of likely N-dealkylation sites (tertiary alicyclic amines) is 1. The number of β-amino-alcohol motifs (C(OH)–C–C–N with tert-alkyl or cyclic N) is 1. The number of ether oxygens (including phenoxy) is 1. The van der Waals surface area contributed by atoms with E-state index in [-0.39, 0.29) is 29.4 Å². The number of rotatable bonds is 10. The predicted molar refractivity (Wildman–Crippen MR) is 149 cm³/mol. The van der Waals surface area contributed by atoms with E-state index in [1.165, 1.54) is 0 Å². The summed E-state index contributed by atoms with van der Waals surface area (Å²) in [6, 6.07) is 13.7. The molecule has 204 valence electrons. The van der Waals surface area contributed by atoms with Gasteiger partial charge in [0.1, 0.15) is 12.4 Å². The SMILES string of the molecule is Cc1ccc(C(=O)NC2CC2)cc1-n1ccnc(NC2(c3ccccc3OCCN3CC[C@@H](O)C3)CC2)c1=O. The van der Waals surface area contributed by atoms with Crippen molar-refractivity contribution in [3.63, 3.8) is 0 Å². The summed E-state index contributed by atoms with van der Waals surface area (Å²) < 4.78 is 7.76. The molecule has 3 fully saturated rings. The predicted octanol–water partition coefficient (Wildman–Crippen LogP) is 2.98. The molecule has 6 rings (SSSR count). The molecule has 2 heterocycles. The molecule has 1 aliphatic heterocycles. The average Bonchev–Trinajstić information content (AvgIpc) is 3.86. The van der Waals surface area contributed by atoms with Crippen molar-refractivity contribution in [3.05, 3.63) is 81.9 Å². The van der Waals surface area contributed by atoms with Gasteiger partial charge in [0.15, 0.2) is 5.82 Å². The van der Waals surface area contributed by atoms with Crippen molar-refractivity contribution in [1.82, 2.24) is 19.8 Å². The number of nitrogens with one attached hydrogen (secondary N) is 2. The van der Waals surface area contributed by atoms with Gasteiger partial charge in [-0.2, -0.15) is 0 Å². The van der Waals surface area contributed by atoms with Crippen molar-refractivity contribution in [1.29, 1.82) is 0 Å². The Hall–Kier alpha value is -3.69. The van der Waals surface area contributed by atoms with E-state index in [1.54, 1.807) is 29.1 Å². The van der Waals surface area contributed by atoms with Crippen molar-refractivity contribution >= 4 is 11.7 Å². The van der Waals surface area contributed by atoms with Crippen molar-refractivity contribution in [3.8, 4) is 11.4 Å². The third-order valence-electron chi connectivity index (χ3n) is 7.91. The summed E-state index contributed by atoms with van der Waals surface area (Å²) in [5.41, 5.74) is 2.41. The molecule has 2 aromatic carbocycles. The second-order valence-electron chi connectivity index (χ2n) is 11.0. The molecule has 1 amide bonds. The van der Waals surface area contributed by atoms with E-state index in [0.29, 0.717) is 24.4 Å². The second-order valence-corrected chi connectivity index (χ2v) is 11.0. The van der Waals surface area contributed by atoms with E-state index in [2.05, 4.69) is 20.5 Å². The molecule has 3 aromatic rings. The van der Waals surface area contributed by atoms with E-state index < -0.39 is 5.54 Å². The Bertz CT molecular complexity index is 1430. The molecule has 2 saturated carbocycles. The lowest BCUT2D eigenvalue weighted by Gasteiger charge is -2.23. The zero-order valence-corrected chi connectivity index (χ0v) is 22.2. The molecule has 1 saturated heterocycles. The van der Waals surface area contributed by atoms with Crippen LogP contribution in [0.15, 0.2) is 59.7 Å². The topological polar surface area (TPSA) is 109 Å². The molecule has 0 spiro atoms. The molecule has 9 heteroatoms. The van der Waals surface area contributed by atoms with Gasteiger partial charge in [0.05, 0.1) is 17.3 Å². The Kier molecular flexibility index (Phi) is 6.86. The maximum Gasteiger partial charge on any atom is 0.297 e. The van der Waals surface area contributed by atoms with E-state index in [4.69, 9.17) is 4.74 Å². The maximum atomic E-state index is 13.6. The summed E-state index contributed by atoms with van der Waals surface area (Å²) in [5, 5.41) is 16.2. The molecular formula is C30H35N5O4. The first-order chi connectivity index (χ1) is 18.9. The van der Waals surface area contributed by atoms with Gasteiger partial charge in [-0.15, -0.1) is 0 Å². The van der Waals surface area contributed by atoms with Crippen LogP contribution in [-0.4, -0.2) is 63.9 Å². The third kappa shape index (κ3) is 5.55. The Morgan fingerprint density at radius 2 is 2.00 bits per heavy atom. The highest BCUT2D eigenvalue weighted by Crippen LogP contribution is 2.50. The molecule has 3 aliphatic rings. The monoisotopic (exact) mass is 529 g/mol. The Labute approximate surface area is 227 Å². The maximum absolute atomic E-state index is 13.6. The molecule has 39 heavy (non-hydrogen) atoms. The zero-order valence-electron chi connectivity index (χ0n) is 22.2. The highest BCUT2D eigenvalue weighted by molar-refractivity contribution is 5.95. The zero-order chi connectivity index (χ0) is 27.0. The lowest BCUT2D eigenvalue weighted by Crippen LogP contribution is -2.30. The van der Waals surface area contributed by atoms with Crippen LogP contribution in [0.25, 0.3) is 5.69 Å². The summed E-state index contributed by atoms with van der Waals surface area (Å²) in [7, 11) is 0. The quantitative estimate of drug-likeness (QED) is 0.371. The fourth-order valence-electron chi connectivity index (χ4n) is 5.29. The highest BCUT2D eigenvalue weighted by Gasteiger charge is 2.47. The van der Waals surface area contributed by atoms with Crippen LogP contribution in [0.4, 0.5) is 5.82 Å². The van der Waals surface area contributed by atoms with E-state index in [1.807, 2.05) is 37.3 Å². The second kappa shape index (κ2) is 10.5. The number of nitrogens with zero attached hydrogens (tertiary/aromatic N) is 3. The summed E-state index contributed by atoms with van der Waals surface area (Å²) >= 11 is 0. The van der Waals surface area contributed by atoms with Crippen LogP contribution in [0.3, 0.4) is 0 Å². The third-order valence-corrected chi connectivity index (χ3v) is 7.91. The minimum atomic E-state index is -0.424. The number of amides is 1. The van der Waals surface area contributed by atoms with Crippen molar-refractivity contribution in [2.24, 2.45) is 0 Å². The Balaban J connectivity index is 1.21. The van der Waals surface area contributed by atoms with Gasteiger partial charge >= 0.3 is 0 Å². The van der Waals surface area contributed by atoms with Crippen LogP contribution in [0.5, 0.6) is 5.75 Å². The normalized spacial score (nSPS) is 20.0. The number of benzene rings is 2. The van der Waals surface area contributed by atoms with Gasteiger partial charge in [0.2, 0.25) is 0 Å². The van der Waals surface area contributed by atoms with Crippen LogP contribution in [0, 0.1) is 6.92 Å². The summed E-state index contributed by atoms with van der Waals surface area (Å²) in [5.74, 6) is 0.945. The first-order valence-corrected chi connectivity index (χ1v) is 13.8. The number of aliphatic hydroxyl groups is 1. The smallest absolute Gasteiger partial charge is 0.297 e. The fraction of sp³-hybridized carbons (Fsp3) is 0.433. The molecular weight excluding hydrogens is 494 g/mol. The Morgan fingerprint density at radius 3 is 2.74 bits per heavy atom. The van der Waals surface area contributed by atoms with Crippen LogP contribution < -0.4 is 20.9 Å². The van der Waals surface area contributed by atoms with Crippen molar-refractivity contribution in [2.45, 2.75) is 56.7 Å². The molecule has 2 aliphatic carbocycles. The largest absolute Gasteiger partial charge is 0.492 e. The molecule has 3 N–H and O–H groups in total. The Morgan fingerprint density at radius 1 is 1.18 bits per heavy atom. The lowest BCUT2D eigenvalue weighted by atomic mass is 10.0. The van der Waals surface area contributed by atoms with Gasteiger partial charge in [0.25, 0.3) is 11.5 Å². The number of aliphatic hydroxyl groups excluding tert-OH is 1. The van der Waals surface area contributed by atoms with Crippen molar-refractivity contribution < 1.29 is 14.6 Å². The standard InChI is InChI=1S/C30H35N5O4/c1-20-6-7-21(28(37)32-22-8-9-22)18-25(20)35-15-13-31-27(29(35)38)33-30(11-12-30)24-4-2-3-5-26(24)39-17-16-34-14-10-23(36)19-34/h2-7,13,15,18,22-23,36H,8-12,14,16-17,19H2,1H3,(H,31,33)(H,32,37)/t23-/m1/s1. The summed E-state index contributed by atoms with van der Waals surface area (Å²) in [4.78, 5) is 32.9.